The van der Waals surface area contributed by atoms with Gasteiger partial charge in [0.25, 0.3) is 0 Å². The summed E-state index contributed by atoms with van der Waals surface area (Å²) in [5.74, 6) is 0. The Morgan fingerprint density at radius 3 is 2.60 bits per heavy atom. The Morgan fingerprint density at radius 1 is 1.50 bits per heavy atom. The molecule has 1 nitrogen and oxygen atoms in total. The fraction of sp³-hybridized carbons (Fsp3) is 0.143. The van der Waals surface area contributed by atoms with Gasteiger partial charge in [0.2, 0.25) is 0 Å². The van der Waals surface area contributed by atoms with Gasteiger partial charge in [0, 0.05) is 4.47 Å². The van der Waals surface area contributed by atoms with E-state index < -0.39 is 0 Å². The van der Waals surface area contributed by atoms with Gasteiger partial charge in [-0.15, -0.1) is 0 Å². The van der Waals surface area contributed by atoms with Crippen LogP contribution in [0.5, 0.6) is 0 Å². The highest BCUT2D eigenvalue weighted by atomic mass is 79.9. The van der Waals surface area contributed by atoms with Crippen molar-refractivity contribution in [1.82, 2.24) is 0 Å². The molecular weight excluding hydrogens is 213 g/mol. The van der Waals surface area contributed by atoms with Crippen LogP contribution in [0.2, 0.25) is 5.02 Å². The largest absolute Gasteiger partial charge is 0.397 e. The van der Waals surface area contributed by atoms with E-state index in [1.54, 1.807) is 0 Å². The first kappa shape index (κ1) is 7.89. The topological polar surface area (TPSA) is 26.0 Å². The molecule has 0 aliphatic carbocycles. The van der Waals surface area contributed by atoms with Crippen molar-refractivity contribution < 1.29 is 0 Å². The van der Waals surface area contributed by atoms with Crippen LogP contribution in [0.1, 0.15) is 5.56 Å². The maximum Gasteiger partial charge on any atom is 0.0777 e. The maximum absolute atomic E-state index is 5.78. The molecule has 0 saturated heterocycles. The van der Waals surface area contributed by atoms with E-state index in [9.17, 15) is 0 Å². The first-order valence-corrected chi connectivity index (χ1v) is 3.99. The fourth-order valence-electron chi connectivity index (χ4n) is 0.751. The van der Waals surface area contributed by atoms with Crippen molar-refractivity contribution in [3.8, 4) is 0 Å². The molecule has 1 aromatic carbocycles. The molecule has 0 heterocycles. The first-order chi connectivity index (χ1) is 4.61. The summed E-state index contributed by atoms with van der Waals surface area (Å²) in [7, 11) is 0. The molecule has 0 radical (unpaired) electrons. The highest BCUT2D eigenvalue weighted by molar-refractivity contribution is 9.10. The summed E-state index contributed by atoms with van der Waals surface area (Å²) < 4.78 is 0.853. The Balaban J connectivity index is 3.31. The second-order valence-corrected chi connectivity index (χ2v) is 3.38. The van der Waals surface area contributed by atoms with Gasteiger partial charge in [-0.25, -0.2) is 0 Å². The zero-order valence-electron chi connectivity index (χ0n) is 5.49. The summed E-state index contributed by atoms with van der Waals surface area (Å²) >= 11 is 9.06. The average Bonchev–Trinajstić information content (AvgIpc) is 1.82. The maximum atomic E-state index is 5.78. The summed E-state index contributed by atoms with van der Waals surface area (Å²) in [6.07, 6.45) is 0. The molecule has 54 valence electrons. The summed E-state index contributed by atoms with van der Waals surface area (Å²) in [5.41, 5.74) is 7.28. The molecule has 10 heavy (non-hydrogen) atoms. The first-order valence-electron chi connectivity index (χ1n) is 2.82. The van der Waals surface area contributed by atoms with Gasteiger partial charge in [-0.1, -0.05) is 11.6 Å². The lowest BCUT2D eigenvalue weighted by Crippen LogP contribution is -1.87. The second kappa shape index (κ2) is 2.81. The van der Waals surface area contributed by atoms with Crippen LogP contribution in [-0.4, -0.2) is 0 Å². The van der Waals surface area contributed by atoms with Crippen LogP contribution in [0.4, 0.5) is 5.69 Å². The normalized spacial score (nSPS) is 9.90. The number of halogens is 2. The third-order valence-corrected chi connectivity index (χ3v) is 2.48. The van der Waals surface area contributed by atoms with E-state index in [2.05, 4.69) is 15.9 Å². The van der Waals surface area contributed by atoms with E-state index in [-0.39, 0.29) is 0 Å². The van der Waals surface area contributed by atoms with Crippen LogP contribution >= 0.6 is 27.5 Å². The highest BCUT2D eigenvalue weighted by Crippen LogP contribution is 2.29. The highest BCUT2D eigenvalue weighted by Gasteiger charge is 2.00. The minimum atomic E-state index is 0.589. The summed E-state index contributed by atoms with van der Waals surface area (Å²) in [5, 5.41) is 0.589. The van der Waals surface area contributed by atoms with Gasteiger partial charge in [0.1, 0.15) is 0 Å². The fourth-order valence-corrected chi connectivity index (χ4v) is 1.45. The van der Waals surface area contributed by atoms with E-state index in [4.69, 9.17) is 17.3 Å². The van der Waals surface area contributed by atoms with E-state index in [0.29, 0.717) is 10.7 Å². The number of nitrogen functional groups attached to an aromatic ring is 1. The smallest absolute Gasteiger partial charge is 0.0777 e. The molecule has 0 unspecified atom stereocenters. The molecule has 1 aromatic rings. The molecule has 0 aliphatic rings. The Labute approximate surface area is 73.3 Å². The third-order valence-electron chi connectivity index (χ3n) is 1.20. The van der Waals surface area contributed by atoms with Crippen molar-refractivity contribution in [2.45, 2.75) is 6.92 Å². The van der Waals surface area contributed by atoms with Crippen molar-refractivity contribution >= 4 is 33.2 Å². The number of anilines is 1. The molecule has 0 spiro atoms. The van der Waals surface area contributed by atoms with Gasteiger partial charge in [-0.2, -0.15) is 0 Å². The van der Waals surface area contributed by atoms with Crippen LogP contribution in [-0.2, 0) is 0 Å². The van der Waals surface area contributed by atoms with Crippen molar-refractivity contribution in [3.05, 3.63) is 27.2 Å². The number of aryl methyl sites for hydroxylation is 1. The third kappa shape index (κ3) is 1.44. The molecule has 2 N–H and O–H groups in total. The van der Waals surface area contributed by atoms with E-state index in [0.717, 1.165) is 10.0 Å². The van der Waals surface area contributed by atoms with Crippen LogP contribution in [0.15, 0.2) is 16.6 Å². The molecule has 0 atom stereocenters. The number of rotatable bonds is 0. The lowest BCUT2D eigenvalue weighted by atomic mass is 10.2. The molecule has 0 aromatic heterocycles. The predicted molar refractivity (Wildman–Crippen MR) is 48.3 cm³/mol. The van der Waals surface area contributed by atoms with Gasteiger partial charge in [-0.3, -0.25) is 0 Å². The lowest BCUT2D eigenvalue weighted by molar-refractivity contribution is 1.45. The summed E-state index contributed by atoms with van der Waals surface area (Å²) in [6.45, 7) is 1.97. The molecule has 0 aliphatic heterocycles. The van der Waals surface area contributed by atoms with Gasteiger partial charge in [-0.05, 0) is 40.5 Å². The van der Waals surface area contributed by atoms with E-state index in [1.165, 1.54) is 0 Å². The van der Waals surface area contributed by atoms with Crippen LogP contribution in [0, 0.1) is 6.92 Å². The molecule has 1 rings (SSSR count). The van der Waals surface area contributed by atoms with Gasteiger partial charge in [0.05, 0.1) is 10.7 Å². The minimum absolute atomic E-state index is 0.589. The number of nitrogens with two attached hydrogens (primary N) is 1. The Morgan fingerprint density at radius 2 is 2.10 bits per heavy atom. The predicted octanol–water partition coefficient (Wildman–Crippen LogP) is 2.99. The zero-order chi connectivity index (χ0) is 7.72. The monoisotopic (exact) mass is 219 g/mol. The SMILES string of the molecule is Cc1cc(N)c(Cl)c(Br)c1. The van der Waals surface area contributed by atoms with Gasteiger partial charge < -0.3 is 5.73 Å². The second-order valence-electron chi connectivity index (χ2n) is 2.15. The van der Waals surface area contributed by atoms with Crippen molar-refractivity contribution in [1.29, 1.82) is 0 Å². The van der Waals surface area contributed by atoms with Gasteiger partial charge >= 0.3 is 0 Å². The summed E-state index contributed by atoms with van der Waals surface area (Å²) in [4.78, 5) is 0. The Hall–Kier alpha value is -0.210. The van der Waals surface area contributed by atoms with Crippen molar-refractivity contribution in [2.24, 2.45) is 0 Å². The quantitative estimate of drug-likeness (QED) is 0.668. The molecule has 0 amide bonds. The van der Waals surface area contributed by atoms with Gasteiger partial charge in [0.15, 0.2) is 0 Å². The van der Waals surface area contributed by atoms with E-state index >= 15 is 0 Å². The average molecular weight is 220 g/mol. The lowest BCUT2D eigenvalue weighted by Gasteiger charge is -2.01. The van der Waals surface area contributed by atoms with E-state index in [1.807, 2.05) is 19.1 Å². The Kier molecular flexibility index (Phi) is 2.21. The number of benzene rings is 1. The van der Waals surface area contributed by atoms with Crippen molar-refractivity contribution in [3.63, 3.8) is 0 Å². The zero-order valence-corrected chi connectivity index (χ0v) is 7.83. The molecule has 0 saturated carbocycles. The van der Waals surface area contributed by atoms with Crippen LogP contribution < -0.4 is 5.73 Å². The molecule has 0 fully saturated rings. The van der Waals surface area contributed by atoms with Crippen LogP contribution in [0.25, 0.3) is 0 Å². The van der Waals surface area contributed by atoms with Crippen LogP contribution in [0.3, 0.4) is 0 Å². The summed E-state index contributed by atoms with van der Waals surface area (Å²) in [6, 6.07) is 3.77. The molecule has 3 heteroatoms. The van der Waals surface area contributed by atoms with Crippen molar-refractivity contribution in [2.75, 3.05) is 5.73 Å². The number of hydrogen-bond donors (Lipinski definition) is 1. The molecule has 0 bridgehead atoms. The standard InChI is InChI=1S/C7H7BrClN/c1-4-2-5(8)7(9)6(10)3-4/h2-3H,10H2,1H3. The Bertz CT molecular complexity index is 237. The molecular formula is C7H7BrClN. The minimum Gasteiger partial charge on any atom is -0.397 e. The number of hydrogen-bond acceptors (Lipinski definition) is 1.